The number of aromatic nitrogens is 4. The zero-order valence-electron chi connectivity index (χ0n) is 14.8. The molecule has 0 radical (unpaired) electrons. The molecule has 2 heterocycles. The molecule has 170 valence electrons. The predicted molar refractivity (Wildman–Crippen MR) is 97.6 cm³/mol. The van der Waals surface area contributed by atoms with E-state index in [9.17, 15) is 28.5 Å². The lowest BCUT2D eigenvalue weighted by atomic mass is 10.1. The van der Waals surface area contributed by atoms with Crippen molar-refractivity contribution in [3.05, 3.63) is 16.7 Å². The zero-order chi connectivity index (χ0) is 22.7. The number of anilines is 1. The fourth-order valence-corrected chi connectivity index (χ4v) is 5.39. The Morgan fingerprint density at radius 3 is 2.43 bits per heavy atom. The molecule has 0 amide bonds. The van der Waals surface area contributed by atoms with Crippen LogP contribution in [0.4, 0.5) is 5.95 Å². The molecule has 17 nitrogen and oxygen atoms in total. The number of fused-ring (bicyclic) bond motifs is 1. The number of nitrogens with one attached hydrogen (secondary N) is 1. The molecule has 3 atom stereocenters. The molecular formula is C10H18N5O12P3. The zero-order valence-corrected chi connectivity index (χ0v) is 17.5. The first-order chi connectivity index (χ1) is 13.7. The number of hydrogen-bond donors (Lipinski definition) is 7. The van der Waals surface area contributed by atoms with Crippen LogP contribution in [0, 0.1) is 5.92 Å². The molecule has 0 saturated carbocycles. The topological polar surface area (TPSA) is 270 Å². The van der Waals surface area contributed by atoms with Crippen molar-refractivity contribution in [1.82, 2.24) is 19.5 Å². The first-order valence-corrected chi connectivity index (χ1v) is 12.3. The molecule has 0 bridgehead atoms. The number of rotatable bonds is 11. The van der Waals surface area contributed by atoms with E-state index in [0.717, 1.165) is 0 Å². The smallest absolute Gasteiger partial charge is 0.396 e. The van der Waals surface area contributed by atoms with E-state index in [2.05, 4.69) is 28.1 Å². The van der Waals surface area contributed by atoms with Crippen molar-refractivity contribution in [2.75, 3.05) is 18.9 Å². The number of imidazole rings is 1. The van der Waals surface area contributed by atoms with Crippen LogP contribution in [0.2, 0.25) is 0 Å². The van der Waals surface area contributed by atoms with Crippen LogP contribution >= 0.6 is 23.5 Å². The van der Waals surface area contributed by atoms with E-state index >= 15 is 0 Å². The van der Waals surface area contributed by atoms with Gasteiger partial charge in [-0.25, -0.2) is 18.7 Å². The van der Waals surface area contributed by atoms with Gasteiger partial charge >= 0.3 is 23.5 Å². The van der Waals surface area contributed by atoms with Crippen molar-refractivity contribution in [2.24, 2.45) is 5.92 Å². The highest BCUT2D eigenvalue weighted by Gasteiger charge is 2.40. The first-order valence-electron chi connectivity index (χ1n) is 7.81. The van der Waals surface area contributed by atoms with Gasteiger partial charge in [0.15, 0.2) is 11.2 Å². The summed E-state index contributed by atoms with van der Waals surface area (Å²) >= 11 is 0. The Morgan fingerprint density at radius 2 is 1.83 bits per heavy atom. The highest BCUT2D eigenvalue weighted by atomic mass is 31.3. The Kier molecular flexibility index (Phi) is 7.72. The van der Waals surface area contributed by atoms with Crippen LogP contribution < -0.4 is 11.3 Å². The van der Waals surface area contributed by atoms with Gasteiger partial charge in [0, 0.05) is 19.1 Å². The predicted octanol–water partition coefficient (Wildman–Crippen LogP) is -0.956. The lowest BCUT2D eigenvalue weighted by Gasteiger charge is -2.20. The molecule has 2 aromatic heterocycles. The van der Waals surface area contributed by atoms with Crippen LogP contribution in [-0.4, -0.2) is 57.4 Å². The minimum atomic E-state index is -5.64. The summed E-state index contributed by atoms with van der Waals surface area (Å²) in [6, 6.07) is 0. The van der Waals surface area contributed by atoms with Crippen LogP contribution in [0.5, 0.6) is 0 Å². The van der Waals surface area contributed by atoms with Crippen molar-refractivity contribution in [2.45, 2.75) is 13.0 Å². The molecule has 8 N–H and O–H groups in total. The second kappa shape index (κ2) is 9.34. The molecule has 0 spiro atoms. The second-order valence-corrected chi connectivity index (χ2v) is 10.2. The Labute approximate surface area is 166 Å². The van der Waals surface area contributed by atoms with Crippen LogP contribution in [0.25, 0.3) is 11.2 Å². The average molecular weight is 493 g/mol. The van der Waals surface area contributed by atoms with Gasteiger partial charge in [-0.05, 0) is 6.42 Å². The number of phosphoric ester groups is 1. The Morgan fingerprint density at radius 1 is 1.17 bits per heavy atom. The summed E-state index contributed by atoms with van der Waals surface area (Å²) in [4.78, 5) is 57.5. The Bertz CT molecular complexity index is 1090. The maximum absolute atomic E-state index is 11.8. The van der Waals surface area contributed by atoms with E-state index in [1.807, 2.05) is 0 Å². The second-order valence-electron chi connectivity index (χ2n) is 5.79. The van der Waals surface area contributed by atoms with Gasteiger partial charge in [-0.15, -0.1) is 0 Å². The van der Waals surface area contributed by atoms with Crippen LogP contribution in [-0.2, 0) is 33.4 Å². The number of H-pyrrole nitrogens is 1. The van der Waals surface area contributed by atoms with Crippen LogP contribution in [0.1, 0.15) is 6.42 Å². The third-order valence-corrected chi connectivity index (χ3v) is 7.18. The van der Waals surface area contributed by atoms with Gasteiger partial charge in [0.25, 0.3) is 5.56 Å². The molecule has 2 unspecified atom stereocenters. The molecule has 0 fully saturated rings. The van der Waals surface area contributed by atoms with E-state index in [1.54, 1.807) is 0 Å². The number of aliphatic hydroxyl groups excluding tert-OH is 1. The molecule has 30 heavy (non-hydrogen) atoms. The van der Waals surface area contributed by atoms with Gasteiger partial charge in [0.05, 0.1) is 12.9 Å². The molecule has 20 heteroatoms. The lowest BCUT2D eigenvalue weighted by Crippen LogP contribution is -2.19. The number of aromatic amines is 1. The standard InChI is InChI=1S/C10H18N5O12P3/c11-10-13-8-7(9(17)14-10)12-5-15(8)3-6(1-2-16)4-25-29(21,22)27-30(23,24)26-28(18,19)20/h5-6,16H,1-4H2,(H,21,22)(H,23,24)(H2,18,19,20)(H3,11,13,14,17)/t6-/m1/s1. The van der Waals surface area contributed by atoms with Crippen molar-refractivity contribution >= 4 is 40.6 Å². The normalized spacial score (nSPS) is 17.5. The van der Waals surface area contributed by atoms with Crippen LogP contribution in [0.15, 0.2) is 11.1 Å². The third-order valence-electron chi connectivity index (χ3n) is 3.37. The average Bonchev–Trinajstić information content (AvgIpc) is 2.92. The quantitative estimate of drug-likeness (QED) is 0.186. The van der Waals surface area contributed by atoms with E-state index in [1.165, 1.54) is 10.9 Å². The maximum atomic E-state index is 11.8. The molecule has 0 aliphatic rings. The fourth-order valence-electron chi connectivity index (χ4n) is 2.30. The van der Waals surface area contributed by atoms with Crippen molar-refractivity contribution in [3.63, 3.8) is 0 Å². The molecule has 0 saturated heterocycles. The van der Waals surface area contributed by atoms with Gasteiger partial charge in [0.1, 0.15) is 0 Å². The van der Waals surface area contributed by atoms with Gasteiger partial charge in [-0.2, -0.15) is 13.6 Å². The van der Waals surface area contributed by atoms with Gasteiger partial charge in [-0.3, -0.25) is 14.3 Å². The number of nitrogens with zero attached hydrogens (tertiary/aromatic N) is 3. The number of aliphatic hydroxyl groups is 1. The van der Waals surface area contributed by atoms with Crippen LogP contribution in [0.3, 0.4) is 0 Å². The van der Waals surface area contributed by atoms with E-state index in [4.69, 9.17) is 20.4 Å². The summed E-state index contributed by atoms with van der Waals surface area (Å²) in [5.74, 6) is -0.902. The van der Waals surface area contributed by atoms with Crippen molar-refractivity contribution in [3.8, 4) is 0 Å². The van der Waals surface area contributed by atoms with E-state index < -0.39 is 41.6 Å². The Balaban J connectivity index is 2.11. The molecule has 2 aromatic rings. The number of phosphoric acid groups is 3. The van der Waals surface area contributed by atoms with Crippen molar-refractivity contribution in [1.29, 1.82) is 0 Å². The first kappa shape index (κ1) is 24.8. The van der Waals surface area contributed by atoms with E-state index in [0.29, 0.717) is 0 Å². The summed E-state index contributed by atoms with van der Waals surface area (Å²) < 4.78 is 46.9. The minimum Gasteiger partial charge on any atom is -0.396 e. The minimum absolute atomic E-state index is 0.00805. The summed E-state index contributed by atoms with van der Waals surface area (Å²) in [5.41, 5.74) is 4.96. The Hall–Kier alpha value is -1.48. The van der Waals surface area contributed by atoms with Gasteiger partial charge in [-0.1, -0.05) is 0 Å². The van der Waals surface area contributed by atoms with Gasteiger partial charge < -0.3 is 35.0 Å². The summed E-state index contributed by atoms with van der Waals surface area (Å²) in [5, 5.41) is 9.19. The number of nitrogen functional groups attached to an aromatic ring is 1. The summed E-state index contributed by atoms with van der Waals surface area (Å²) in [6.07, 6.45) is 1.25. The molecule has 0 aliphatic heterocycles. The highest BCUT2D eigenvalue weighted by molar-refractivity contribution is 7.66. The highest BCUT2D eigenvalue weighted by Crippen LogP contribution is 2.66. The monoisotopic (exact) mass is 493 g/mol. The third kappa shape index (κ3) is 7.34. The fraction of sp³-hybridized carbons (Fsp3) is 0.500. The lowest BCUT2D eigenvalue weighted by molar-refractivity contribution is 0.134. The van der Waals surface area contributed by atoms with Gasteiger partial charge in [0.2, 0.25) is 5.95 Å². The number of nitrogens with two attached hydrogens (primary N) is 1. The largest absolute Gasteiger partial charge is 0.490 e. The molecule has 0 aliphatic carbocycles. The van der Waals surface area contributed by atoms with E-state index in [-0.39, 0.29) is 36.7 Å². The van der Waals surface area contributed by atoms with Crippen molar-refractivity contribution < 1.29 is 51.5 Å². The SMILES string of the molecule is Nc1nc2c(ncn2C[C@@H](CCO)COP(=O)(O)OP(=O)(O)OP(=O)(O)O)c(=O)[nH]1. The molecular weight excluding hydrogens is 475 g/mol. The molecule has 2 rings (SSSR count). The summed E-state index contributed by atoms with van der Waals surface area (Å²) in [6.45, 7) is -1.04. The maximum Gasteiger partial charge on any atom is 0.490 e. The molecule has 0 aromatic carbocycles. The summed E-state index contributed by atoms with van der Waals surface area (Å²) in [7, 11) is -16.5. The number of hydrogen-bond acceptors (Lipinski definition) is 11.